The van der Waals surface area contributed by atoms with Crippen LogP contribution in [0.25, 0.3) is 0 Å². The molecule has 0 radical (unpaired) electrons. The molecule has 3 aromatic rings. The van der Waals surface area contributed by atoms with Crippen LogP contribution in [-0.2, 0) is 32.1 Å². The van der Waals surface area contributed by atoms with Crippen molar-refractivity contribution >= 4 is 24.3 Å². The molecule has 0 unspecified atom stereocenters. The smallest absolute Gasteiger partial charge is 0.355 e. The molecule has 1 aliphatic heterocycles. The Balaban J connectivity index is 0.00000400. The second-order valence-corrected chi connectivity index (χ2v) is 8.89. The molecule has 6 nitrogen and oxygen atoms in total. The maximum Gasteiger partial charge on any atom is 0.416 e. The molecule has 38 heavy (non-hydrogen) atoms. The van der Waals surface area contributed by atoms with Crippen LogP contribution in [0.4, 0.5) is 19.1 Å². The van der Waals surface area contributed by atoms with Crippen molar-refractivity contribution < 1.29 is 18.0 Å². The van der Waals surface area contributed by atoms with Gasteiger partial charge in [0.05, 0.1) is 29.9 Å². The van der Waals surface area contributed by atoms with Crippen LogP contribution in [0.5, 0.6) is 0 Å². The lowest BCUT2D eigenvalue weighted by atomic mass is 10.0. The minimum absolute atomic E-state index is 0. The highest BCUT2D eigenvalue weighted by Crippen LogP contribution is 2.29. The molecule has 0 aliphatic carbocycles. The standard InChI is InChI=1S/C28H27F3N4O2.ClH/c1-3-4-16-35-26(37)23-18-34(25(36)21-9-5-19(2)6-10-21)17-14-24(23)33-27(35)32-15-13-20-7-11-22(12-8-20)28(29,30)31;/h5-12H,13-18H2,1-2H3,(H,32,33);1H. The highest BCUT2D eigenvalue weighted by molar-refractivity contribution is 5.94. The summed E-state index contributed by atoms with van der Waals surface area (Å²) in [7, 11) is 0. The Bertz CT molecular complexity index is 1410. The molecular formula is C28H28ClF3N4O2. The number of amides is 1. The number of alkyl halides is 3. The van der Waals surface area contributed by atoms with Crippen LogP contribution in [0.3, 0.4) is 0 Å². The molecule has 0 saturated carbocycles. The Morgan fingerprint density at radius 2 is 1.79 bits per heavy atom. The number of anilines is 1. The van der Waals surface area contributed by atoms with E-state index in [1.807, 2.05) is 19.1 Å². The summed E-state index contributed by atoms with van der Waals surface area (Å²) < 4.78 is 39.8. The molecule has 1 amide bonds. The molecule has 0 spiro atoms. The van der Waals surface area contributed by atoms with Crippen molar-refractivity contribution in [3.63, 3.8) is 0 Å². The van der Waals surface area contributed by atoms with Crippen LogP contribution in [0, 0.1) is 18.8 Å². The number of rotatable bonds is 6. The average molecular weight is 545 g/mol. The summed E-state index contributed by atoms with van der Waals surface area (Å²) in [6, 6.07) is 12.3. The maximum absolute atomic E-state index is 13.4. The minimum atomic E-state index is -4.37. The molecule has 1 N–H and O–H groups in total. The molecule has 2 aromatic carbocycles. The number of nitrogens with one attached hydrogen (secondary N) is 1. The summed E-state index contributed by atoms with van der Waals surface area (Å²) in [6.07, 6.45) is -3.49. The summed E-state index contributed by atoms with van der Waals surface area (Å²) in [4.78, 5) is 32.8. The van der Waals surface area contributed by atoms with Crippen molar-refractivity contribution in [2.45, 2.75) is 46.0 Å². The van der Waals surface area contributed by atoms with Gasteiger partial charge in [0.2, 0.25) is 5.95 Å². The summed E-state index contributed by atoms with van der Waals surface area (Å²) in [5.41, 5.74) is 2.51. The molecule has 4 rings (SSSR count). The van der Waals surface area contributed by atoms with Gasteiger partial charge >= 0.3 is 6.18 Å². The lowest BCUT2D eigenvalue weighted by Gasteiger charge is -2.29. The van der Waals surface area contributed by atoms with Crippen molar-refractivity contribution in [2.24, 2.45) is 0 Å². The lowest BCUT2D eigenvalue weighted by Crippen LogP contribution is -2.41. The van der Waals surface area contributed by atoms with E-state index in [0.717, 1.165) is 23.3 Å². The van der Waals surface area contributed by atoms with Crippen LogP contribution in [-0.4, -0.2) is 33.4 Å². The van der Waals surface area contributed by atoms with E-state index >= 15 is 0 Å². The van der Waals surface area contributed by atoms with Gasteiger partial charge in [-0.15, -0.1) is 18.3 Å². The van der Waals surface area contributed by atoms with Crippen molar-refractivity contribution in [1.29, 1.82) is 0 Å². The second-order valence-electron chi connectivity index (χ2n) is 8.89. The van der Waals surface area contributed by atoms with Crippen LogP contribution in [0.15, 0.2) is 53.3 Å². The van der Waals surface area contributed by atoms with Gasteiger partial charge in [0, 0.05) is 25.1 Å². The summed E-state index contributed by atoms with van der Waals surface area (Å²) in [5.74, 6) is 5.90. The maximum atomic E-state index is 13.4. The topological polar surface area (TPSA) is 67.2 Å². The number of carbonyl (C=O) groups is 1. The molecule has 1 aliphatic rings. The van der Waals surface area contributed by atoms with Gasteiger partial charge in [-0.05, 0) is 50.1 Å². The summed E-state index contributed by atoms with van der Waals surface area (Å²) >= 11 is 0. The second kappa shape index (κ2) is 12.2. The van der Waals surface area contributed by atoms with Gasteiger partial charge < -0.3 is 10.2 Å². The average Bonchev–Trinajstić information content (AvgIpc) is 2.88. The predicted molar refractivity (Wildman–Crippen MR) is 142 cm³/mol. The minimum Gasteiger partial charge on any atom is -0.355 e. The molecule has 1 aromatic heterocycles. The number of benzene rings is 2. The molecule has 0 atom stereocenters. The number of halogens is 4. The van der Waals surface area contributed by atoms with Crippen molar-refractivity contribution in [2.75, 3.05) is 18.4 Å². The van der Waals surface area contributed by atoms with Gasteiger partial charge in [-0.25, -0.2) is 4.98 Å². The van der Waals surface area contributed by atoms with Gasteiger partial charge in [0.1, 0.15) is 0 Å². The number of aromatic nitrogens is 2. The molecule has 0 fully saturated rings. The van der Waals surface area contributed by atoms with Gasteiger partial charge in [0.15, 0.2) is 0 Å². The van der Waals surface area contributed by atoms with Crippen LogP contribution in [0.2, 0.25) is 0 Å². The quantitative estimate of drug-likeness (QED) is 0.450. The highest BCUT2D eigenvalue weighted by Gasteiger charge is 2.30. The highest BCUT2D eigenvalue weighted by atomic mass is 35.5. The third kappa shape index (κ3) is 6.56. The van der Waals surface area contributed by atoms with Crippen molar-refractivity contribution in [3.8, 4) is 11.8 Å². The number of fused-ring (bicyclic) bond motifs is 1. The third-order valence-electron chi connectivity index (χ3n) is 6.29. The monoisotopic (exact) mass is 544 g/mol. The fourth-order valence-electron chi connectivity index (χ4n) is 4.19. The fraction of sp³-hybridized carbons (Fsp3) is 0.321. The van der Waals surface area contributed by atoms with Gasteiger partial charge in [-0.3, -0.25) is 14.2 Å². The van der Waals surface area contributed by atoms with E-state index in [4.69, 9.17) is 0 Å². The zero-order chi connectivity index (χ0) is 26.6. The largest absolute Gasteiger partial charge is 0.416 e. The van der Waals surface area contributed by atoms with Crippen molar-refractivity contribution in [1.82, 2.24) is 14.5 Å². The molecule has 0 saturated heterocycles. The molecule has 2 heterocycles. The molecule has 200 valence electrons. The lowest BCUT2D eigenvalue weighted by molar-refractivity contribution is -0.137. The van der Waals surface area contributed by atoms with E-state index in [1.165, 1.54) is 16.7 Å². The summed E-state index contributed by atoms with van der Waals surface area (Å²) in [5, 5.41) is 3.15. The van der Waals surface area contributed by atoms with Crippen molar-refractivity contribution in [3.05, 3.63) is 92.4 Å². The fourth-order valence-corrected chi connectivity index (χ4v) is 4.19. The number of carbonyl (C=O) groups excluding carboxylic acids is 1. The Morgan fingerprint density at radius 1 is 1.11 bits per heavy atom. The van der Waals surface area contributed by atoms with E-state index in [0.29, 0.717) is 48.7 Å². The molecule has 0 bridgehead atoms. The van der Waals surface area contributed by atoms with E-state index in [-0.39, 0.29) is 37.0 Å². The van der Waals surface area contributed by atoms with Gasteiger partial charge in [0.25, 0.3) is 11.5 Å². The van der Waals surface area contributed by atoms with E-state index < -0.39 is 11.7 Å². The number of hydrogen-bond acceptors (Lipinski definition) is 4. The van der Waals surface area contributed by atoms with Gasteiger partial charge in [-0.1, -0.05) is 35.7 Å². The van der Waals surface area contributed by atoms with E-state index in [2.05, 4.69) is 22.1 Å². The molecular weight excluding hydrogens is 517 g/mol. The first-order valence-electron chi connectivity index (χ1n) is 12.0. The van der Waals surface area contributed by atoms with Crippen LogP contribution < -0.4 is 10.9 Å². The first-order chi connectivity index (χ1) is 17.7. The third-order valence-corrected chi connectivity index (χ3v) is 6.29. The normalized spacial score (nSPS) is 12.6. The SMILES string of the molecule is CC#CCn1c(NCCc2ccc(C(F)(F)F)cc2)nc2c(c1=O)CN(C(=O)c1ccc(C)cc1)CC2.Cl. The zero-order valence-corrected chi connectivity index (χ0v) is 21.9. The Kier molecular flexibility index (Phi) is 9.23. The van der Waals surface area contributed by atoms with Crippen LogP contribution in [0.1, 0.15) is 45.2 Å². The Labute approximate surface area is 225 Å². The van der Waals surface area contributed by atoms with Gasteiger partial charge in [-0.2, -0.15) is 13.2 Å². The Hall–Kier alpha value is -3.77. The molecule has 10 heteroatoms. The Morgan fingerprint density at radius 3 is 2.42 bits per heavy atom. The predicted octanol–water partition coefficient (Wildman–Crippen LogP) is 4.87. The van der Waals surface area contributed by atoms with E-state index in [9.17, 15) is 22.8 Å². The first kappa shape index (κ1) is 28.8. The number of aryl methyl sites for hydroxylation is 1. The van der Waals surface area contributed by atoms with Crippen LogP contribution >= 0.6 is 12.4 Å². The number of hydrogen-bond donors (Lipinski definition) is 1. The van der Waals surface area contributed by atoms with E-state index in [1.54, 1.807) is 24.0 Å². The summed E-state index contributed by atoms with van der Waals surface area (Å²) in [6.45, 7) is 4.73. The number of nitrogens with zero attached hydrogens (tertiary/aromatic N) is 3. The first-order valence-corrected chi connectivity index (χ1v) is 12.0. The zero-order valence-electron chi connectivity index (χ0n) is 21.1.